The number of ether oxygens (including phenoxy) is 3. The molecule has 0 spiro atoms. The number of methoxy groups -OCH3 is 2. The van der Waals surface area contributed by atoms with Crippen LogP contribution in [0.25, 0.3) is 6.08 Å². The summed E-state index contributed by atoms with van der Waals surface area (Å²) in [5, 5.41) is 10.7. The van der Waals surface area contributed by atoms with Gasteiger partial charge in [-0.2, -0.15) is 0 Å². The third-order valence-electron chi connectivity index (χ3n) is 3.48. The quantitative estimate of drug-likeness (QED) is 0.934. The zero-order chi connectivity index (χ0) is 15.7. The summed E-state index contributed by atoms with van der Waals surface area (Å²) in [6, 6.07) is 10.9. The molecule has 0 fully saturated rings. The van der Waals surface area contributed by atoms with E-state index in [9.17, 15) is 5.11 Å². The predicted molar refractivity (Wildman–Crippen MR) is 84.6 cm³/mol. The van der Waals surface area contributed by atoms with Crippen molar-refractivity contribution in [3.05, 3.63) is 58.3 Å². The van der Waals surface area contributed by atoms with Crippen LogP contribution in [0.3, 0.4) is 0 Å². The molecule has 4 nitrogen and oxygen atoms in total. The Hall–Kier alpha value is -2.17. The van der Waals surface area contributed by atoms with Crippen LogP contribution in [-0.2, 0) is 0 Å². The van der Waals surface area contributed by atoms with Crippen LogP contribution in [0.15, 0.2) is 42.2 Å². The lowest BCUT2D eigenvalue weighted by Crippen LogP contribution is -1.97. The minimum absolute atomic E-state index is 0.429. The van der Waals surface area contributed by atoms with Gasteiger partial charge in [0, 0.05) is 5.56 Å². The minimum Gasteiger partial charge on any atom is -0.493 e. The second-order valence-corrected chi connectivity index (χ2v) is 5.23. The second kappa shape index (κ2) is 5.91. The minimum atomic E-state index is -0.789. The average Bonchev–Trinajstić information content (AvgIpc) is 2.83. The first kappa shape index (κ1) is 14.8. The van der Waals surface area contributed by atoms with Crippen molar-refractivity contribution in [3.63, 3.8) is 0 Å². The number of aliphatic hydroxyl groups excluding tert-OH is 1. The fraction of sp³-hybridized carbons (Fsp3) is 0.176. The van der Waals surface area contributed by atoms with Crippen molar-refractivity contribution in [3.8, 4) is 17.2 Å². The zero-order valence-corrected chi connectivity index (χ0v) is 12.9. The highest BCUT2D eigenvalue weighted by molar-refractivity contribution is 6.32. The Kier molecular flexibility index (Phi) is 3.96. The van der Waals surface area contributed by atoms with E-state index >= 15 is 0 Å². The van der Waals surface area contributed by atoms with E-state index in [1.54, 1.807) is 25.3 Å². The Labute approximate surface area is 133 Å². The van der Waals surface area contributed by atoms with Gasteiger partial charge in [0.25, 0.3) is 0 Å². The first-order valence-electron chi connectivity index (χ1n) is 6.72. The van der Waals surface area contributed by atoms with Crippen molar-refractivity contribution in [1.29, 1.82) is 0 Å². The first-order valence-corrected chi connectivity index (χ1v) is 7.09. The molecule has 0 amide bonds. The molecule has 0 aliphatic carbocycles. The molecular formula is C17H15ClO4. The Morgan fingerprint density at radius 3 is 2.64 bits per heavy atom. The third kappa shape index (κ3) is 2.51. The van der Waals surface area contributed by atoms with Crippen LogP contribution in [0.4, 0.5) is 0 Å². The van der Waals surface area contributed by atoms with Gasteiger partial charge in [0.1, 0.15) is 17.6 Å². The number of halogens is 1. The Morgan fingerprint density at radius 2 is 1.95 bits per heavy atom. The monoisotopic (exact) mass is 318 g/mol. The lowest BCUT2D eigenvalue weighted by molar-refractivity contribution is 0.193. The zero-order valence-electron chi connectivity index (χ0n) is 12.2. The summed E-state index contributed by atoms with van der Waals surface area (Å²) in [4.78, 5) is 0. The number of hydrogen-bond acceptors (Lipinski definition) is 4. The van der Waals surface area contributed by atoms with E-state index in [-0.39, 0.29) is 0 Å². The molecule has 114 valence electrons. The molecule has 22 heavy (non-hydrogen) atoms. The van der Waals surface area contributed by atoms with Gasteiger partial charge in [0.2, 0.25) is 0 Å². The molecule has 0 saturated heterocycles. The number of aliphatic hydroxyl groups is 1. The molecule has 1 atom stereocenters. The van der Waals surface area contributed by atoms with Gasteiger partial charge >= 0.3 is 0 Å². The molecule has 0 radical (unpaired) electrons. The van der Waals surface area contributed by atoms with Crippen molar-refractivity contribution >= 4 is 17.7 Å². The topological polar surface area (TPSA) is 47.9 Å². The van der Waals surface area contributed by atoms with Crippen molar-refractivity contribution in [2.45, 2.75) is 6.10 Å². The van der Waals surface area contributed by atoms with E-state index in [0.29, 0.717) is 28.0 Å². The molecular weight excluding hydrogens is 304 g/mol. The highest BCUT2D eigenvalue weighted by Gasteiger charge is 2.27. The maximum atomic E-state index is 10.3. The van der Waals surface area contributed by atoms with E-state index in [2.05, 4.69) is 0 Å². The second-order valence-electron chi connectivity index (χ2n) is 4.83. The molecule has 0 aromatic heterocycles. The highest BCUT2D eigenvalue weighted by atomic mass is 35.5. The van der Waals surface area contributed by atoms with E-state index in [4.69, 9.17) is 25.8 Å². The van der Waals surface area contributed by atoms with Crippen LogP contribution < -0.4 is 14.2 Å². The molecule has 0 saturated carbocycles. The molecule has 0 bridgehead atoms. The number of hydrogen-bond donors (Lipinski definition) is 1. The SMILES string of the molecule is COc1cc(C=C2Oc3ccccc3C2O)cc(Cl)c1OC. The third-order valence-corrected chi connectivity index (χ3v) is 3.76. The van der Waals surface area contributed by atoms with Gasteiger partial charge in [-0.25, -0.2) is 0 Å². The Morgan fingerprint density at radius 1 is 1.18 bits per heavy atom. The molecule has 1 heterocycles. The van der Waals surface area contributed by atoms with Crippen LogP contribution in [0.2, 0.25) is 5.02 Å². The van der Waals surface area contributed by atoms with Gasteiger partial charge in [-0.3, -0.25) is 0 Å². The van der Waals surface area contributed by atoms with Crippen molar-refractivity contribution in [2.24, 2.45) is 0 Å². The largest absolute Gasteiger partial charge is 0.493 e. The van der Waals surface area contributed by atoms with E-state index < -0.39 is 6.10 Å². The van der Waals surface area contributed by atoms with Gasteiger partial charge in [0.05, 0.1) is 19.2 Å². The fourth-order valence-electron chi connectivity index (χ4n) is 2.43. The van der Waals surface area contributed by atoms with Gasteiger partial charge in [-0.1, -0.05) is 29.8 Å². The Balaban J connectivity index is 1.99. The number of rotatable bonds is 3. The van der Waals surface area contributed by atoms with Gasteiger partial charge in [-0.15, -0.1) is 0 Å². The van der Waals surface area contributed by atoms with Gasteiger partial charge < -0.3 is 19.3 Å². The molecule has 3 rings (SSSR count). The highest BCUT2D eigenvalue weighted by Crippen LogP contribution is 2.41. The summed E-state index contributed by atoms with van der Waals surface area (Å²) in [6.07, 6.45) is 0.946. The average molecular weight is 319 g/mol. The van der Waals surface area contributed by atoms with E-state index in [1.165, 1.54) is 7.11 Å². The van der Waals surface area contributed by atoms with Crippen LogP contribution in [0.5, 0.6) is 17.2 Å². The Bertz CT molecular complexity index is 739. The summed E-state index contributed by atoms with van der Waals surface area (Å²) in [5.74, 6) is 2.10. The fourth-order valence-corrected chi connectivity index (χ4v) is 2.73. The smallest absolute Gasteiger partial charge is 0.179 e. The summed E-state index contributed by atoms with van der Waals surface area (Å²) in [7, 11) is 3.07. The lowest BCUT2D eigenvalue weighted by Gasteiger charge is -2.11. The van der Waals surface area contributed by atoms with E-state index in [0.717, 1.165) is 11.1 Å². The van der Waals surface area contributed by atoms with Crippen LogP contribution in [0, 0.1) is 0 Å². The molecule has 5 heteroatoms. The molecule has 1 unspecified atom stereocenters. The summed E-state index contributed by atoms with van der Waals surface area (Å²) in [6.45, 7) is 0. The summed E-state index contributed by atoms with van der Waals surface area (Å²) < 4.78 is 16.2. The number of para-hydroxylation sites is 1. The van der Waals surface area contributed by atoms with Crippen molar-refractivity contribution in [2.75, 3.05) is 14.2 Å². The van der Waals surface area contributed by atoms with Crippen LogP contribution in [0.1, 0.15) is 17.2 Å². The molecule has 1 aliphatic rings. The number of fused-ring (bicyclic) bond motifs is 1. The van der Waals surface area contributed by atoms with Gasteiger partial charge in [-0.05, 0) is 29.8 Å². The molecule has 1 aliphatic heterocycles. The standard InChI is InChI=1S/C17H15ClO4/c1-20-15-9-10(7-12(18)17(15)21-2)8-14-16(19)11-5-3-4-6-13(11)22-14/h3-9,16,19H,1-2H3. The maximum absolute atomic E-state index is 10.3. The molecule has 2 aromatic carbocycles. The van der Waals surface area contributed by atoms with Gasteiger partial charge in [0.15, 0.2) is 11.5 Å². The molecule has 2 aromatic rings. The maximum Gasteiger partial charge on any atom is 0.179 e. The normalized spacial score (nSPS) is 18.0. The number of benzene rings is 2. The van der Waals surface area contributed by atoms with Crippen molar-refractivity contribution in [1.82, 2.24) is 0 Å². The van der Waals surface area contributed by atoms with Crippen LogP contribution in [-0.4, -0.2) is 19.3 Å². The summed E-state index contributed by atoms with van der Waals surface area (Å²) in [5.41, 5.74) is 1.50. The van der Waals surface area contributed by atoms with Crippen molar-refractivity contribution < 1.29 is 19.3 Å². The van der Waals surface area contributed by atoms with Crippen LogP contribution >= 0.6 is 11.6 Å². The summed E-state index contributed by atoms with van der Waals surface area (Å²) >= 11 is 6.19. The predicted octanol–water partition coefficient (Wildman–Crippen LogP) is 3.82. The first-order chi connectivity index (χ1) is 10.6. The lowest BCUT2D eigenvalue weighted by atomic mass is 10.1. The van der Waals surface area contributed by atoms with E-state index in [1.807, 2.05) is 24.3 Å². The molecule has 1 N–H and O–H groups in total.